The van der Waals surface area contributed by atoms with E-state index in [4.69, 9.17) is 0 Å². The summed E-state index contributed by atoms with van der Waals surface area (Å²) in [6.45, 7) is 2.51. The van der Waals surface area contributed by atoms with Gasteiger partial charge >= 0.3 is 0 Å². The molecular weight excluding hydrogens is 338 g/mol. The SMILES string of the molecule is CN1c2ccccc2C(c2ccccc2)(c2ccccc2)C2CCCCC21C. The van der Waals surface area contributed by atoms with E-state index >= 15 is 0 Å². The number of nitrogens with zero attached hydrogens (tertiary/aromatic N) is 1. The fourth-order valence-corrected chi connectivity index (χ4v) is 6.25. The summed E-state index contributed by atoms with van der Waals surface area (Å²) in [5, 5.41) is 0. The number of benzene rings is 3. The Kier molecular flexibility index (Phi) is 4.08. The number of anilines is 1. The molecule has 0 saturated heterocycles. The Labute approximate surface area is 169 Å². The second-order valence-electron chi connectivity index (χ2n) is 8.77. The molecule has 1 heterocycles. The van der Waals surface area contributed by atoms with Gasteiger partial charge in [0.2, 0.25) is 0 Å². The Bertz CT molecular complexity index is 922. The minimum absolute atomic E-state index is 0.110. The van der Waals surface area contributed by atoms with Crippen molar-refractivity contribution in [2.45, 2.75) is 43.6 Å². The minimum atomic E-state index is -0.110. The quantitative estimate of drug-likeness (QED) is 0.505. The van der Waals surface area contributed by atoms with Crippen molar-refractivity contribution in [1.29, 1.82) is 0 Å². The maximum absolute atomic E-state index is 2.59. The van der Waals surface area contributed by atoms with Crippen molar-refractivity contribution in [2.24, 2.45) is 5.92 Å². The maximum Gasteiger partial charge on any atom is 0.0522 e. The van der Waals surface area contributed by atoms with Crippen LogP contribution in [0, 0.1) is 5.92 Å². The number of para-hydroxylation sites is 1. The Hall–Kier alpha value is -2.54. The molecule has 0 aromatic heterocycles. The minimum Gasteiger partial charge on any atom is -0.369 e. The highest BCUT2D eigenvalue weighted by atomic mass is 15.2. The highest BCUT2D eigenvalue weighted by Crippen LogP contribution is 2.60. The van der Waals surface area contributed by atoms with E-state index in [9.17, 15) is 0 Å². The predicted octanol–water partition coefficient (Wildman–Crippen LogP) is 6.42. The third-order valence-electron chi connectivity index (χ3n) is 7.61. The second-order valence-corrected chi connectivity index (χ2v) is 8.77. The summed E-state index contributed by atoms with van der Waals surface area (Å²) in [6, 6.07) is 31.6. The fraction of sp³-hybridized carbons (Fsp3) is 0.333. The molecule has 1 saturated carbocycles. The van der Waals surface area contributed by atoms with Gasteiger partial charge in [-0.25, -0.2) is 0 Å². The number of hydrogen-bond acceptors (Lipinski definition) is 1. The van der Waals surface area contributed by atoms with Crippen molar-refractivity contribution in [2.75, 3.05) is 11.9 Å². The van der Waals surface area contributed by atoms with Gasteiger partial charge in [0.15, 0.2) is 0 Å². The van der Waals surface area contributed by atoms with Gasteiger partial charge in [-0.2, -0.15) is 0 Å². The molecule has 0 bridgehead atoms. The molecule has 142 valence electrons. The first-order chi connectivity index (χ1) is 13.7. The topological polar surface area (TPSA) is 3.24 Å². The molecule has 3 aromatic carbocycles. The van der Waals surface area contributed by atoms with E-state index < -0.39 is 0 Å². The van der Waals surface area contributed by atoms with Crippen molar-refractivity contribution in [3.8, 4) is 0 Å². The van der Waals surface area contributed by atoms with Gasteiger partial charge in [-0.05, 0) is 48.4 Å². The lowest BCUT2D eigenvalue weighted by molar-refractivity contribution is 0.135. The highest BCUT2D eigenvalue weighted by Gasteiger charge is 2.58. The summed E-state index contributed by atoms with van der Waals surface area (Å²) in [7, 11) is 2.32. The summed E-state index contributed by atoms with van der Waals surface area (Å²) in [6.07, 6.45) is 5.15. The summed E-state index contributed by atoms with van der Waals surface area (Å²) >= 11 is 0. The normalized spacial score (nSPS) is 25.6. The lowest BCUT2D eigenvalue weighted by Crippen LogP contribution is -2.63. The van der Waals surface area contributed by atoms with E-state index in [-0.39, 0.29) is 11.0 Å². The number of rotatable bonds is 2. The van der Waals surface area contributed by atoms with Crippen LogP contribution in [0.3, 0.4) is 0 Å². The lowest BCUT2D eigenvalue weighted by Gasteiger charge is -2.61. The van der Waals surface area contributed by atoms with Crippen molar-refractivity contribution in [3.63, 3.8) is 0 Å². The Morgan fingerprint density at radius 1 is 0.750 bits per heavy atom. The van der Waals surface area contributed by atoms with E-state index in [2.05, 4.69) is 104 Å². The Morgan fingerprint density at radius 3 is 1.96 bits per heavy atom. The molecule has 1 aliphatic carbocycles. The summed E-state index contributed by atoms with van der Waals surface area (Å²) in [5.41, 5.74) is 5.74. The monoisotopic (exact) mass is 367 g/mol. The summed E-state index contributed by atoms with van der Waals surface area (Å²) in [4.78, 5) is 2.59. The first-order valence-corrected chi connectivity index (χ1v) is 10.6. The average molecular weight is 368 g/mol. The molecule has 5 rings (SSSR count). The van der Waals surface area contributed by atoms with Gasteiger partial charge in [0.1, 0.15) is 0 Å². The van der Waals surface area contributed by atoms with Crippen LogP contribution < -0.4 is 4.90 Å². The zero-order valence-corrected chi connectivity index (χ0v) is 16.9. The van der Waals surface area contributed by atoms with Crippen LogP contribution in [0.15, 0.2) is 84.9 Å². The van der Waals surface area contributed by atoms with Crippen molar-refractivity contribution in [1.82, 2.24) is 0 Å². The van der Waals surface area contributed by atoms with Crippen molar-refractivity contribution < 1.29 is 0 Å². The van der Waals surface area contributed by atoms with Crippen LogP contribution in [0.2, 0.25) is 0 Å². The highest BCUT2D eigenvalue weighted by molar-refractivity contribution is 5.69. The summed E-state index contributed by atoms with van der Waals surface area (Å²) < 4.78 is 0. The predicted molar refractivity (Wildman–Crippen MR) is 118 cm³/mol. The third kappa shape index (κ3) is 2.25. The van der Waals surface area contributed by atoms with Gasteiger partial charge in [0, 0.05) is 18.3 Å². The van der Waals surface area contributed by atoms with Crippen LogP contribution in [-0.4, -0.2) is 12.6 Å². The zero-order chi connectivity index (χ0) is 19.2. The molecule has 2 aliphatic rings. The molecule has 1 fully saturated rings. The van der Waals surface area contributed by atoms with Gasteiger partial charge in [-0.1, -0.05) is 91.7 Å². The lowest BCUT2D eigenvalue weighted by atomic mass is 9.50. The third-order valence-corrected chi connectivity index (χ3v) is 7.61. The van der Waals surface area contributed by atoms with E-state index in [1.54, 1.807) is 0 Å². The van der Waals surface area contributed by atoms with E-state index in [1.165, 1.54) is 48.1 Å². The molecule has 0 N–H and O–H groups in total. The Balaban J connectivity index is 1.92. The van der Waals surface area contributed by atoms with Crippen LogP contribution >= 0.6 is 0 Å². The first-order valence-electron chi connectivity index (χ1n) is 10.6. The largest absolute Gasteiger partial charge is 0.369 e. The molecule has 1 nitrogen and oxygen atoms in total. The van der Waals surface area contributed by atoms with Gasteiger partial charge in [0.25, 0.3) is 0 Å². The van der Waals surface area contributed by atoms with E-state index in [1.807, 2.05) is 0 Å². The van der Waals surface area contributed by atoms with Crippen LogP contribution in [-0.2, 0) is 5.41 Å². The molecule has 28 heavy (non-hydrogen) atoms. The molecule has 0 spiro atoms. The molecule has 0 radical (unpaired) electrons. The van der Waals surface area contributed by atoms with Gasteiger partial charge < -0.3 is 4.90 Å². The second kappa shape index (κ2) is 6.51. The molecule has 2 unspecified atom stereocenters. The van der Waals surface area contributed by atoms with Gasteiger partial charge in [-0.3, -0.25) is 0 Å². The molecule has 0 amide bonds. The van der Waals surface area contributed by atoms with Crippen molar-refractivity contribution in [3.05, 3.63) is 102 Å². The van der Waals surface area contributed by atoms with Crippen LogP contribution in [0.4, 0.5) is 5.69 Å². The molecule has 1 heteroatoms. The number of fused-ring (bicyclic) bond motifs is 2. The van der Waals surface area contributed by atoms with Crippen LogP contribution in [0.5, 0.6) is 0 Å². The van der Waals surface area contributed by atoms with E-state index in [0.29, 0.717) is 5.92 Å². The van der Waals surface area contributed by atoms with Crippen LogP contribution in [0.25, 0.3) is 0 Å². The molecular formula is C27H29N. The van der Waals surface area contributed by atoms with Crippen LogP contribution in [0.1, 0.15) is 49.3 Å². The van der Waals surface area contributed by atoms with Crippen molar-refractivity contribution >= 4 is 5.69 Å². The van der Waals surface area contributed by atoms with Gasteiger partial charge in [-0.15, -0.1) is 0 Å². The molecule has 3 aromatic rings. The average Bonchev–Trinajstić information content (AvgIpc) is 2.76. The van der Waals surface area contributed by atoms with Gasteiger partial charge in [0.05, 0.1) is 5.41 Å². The molecule has 1 aliphatic heterocycles. The summed E-state index contributed by atoms with van der Waals surface area (Å²) in [5.74, 6) is 0.540. The Morgan fingerprint density at radius 2 is 1.32 bits per heavy atom. The standard InChI is InChI=1S/C27H29N/c1-26-20-12-11-19-25(26)27(21-13-5-3-6-14-21,22-15-7-4-8-16-22)23-17-9-10-18-24(23)28(26)2/h3-10,13-18,25H,11-12,19-20H2,1-2H3. The fourth-order valence-electron chi connectivity index (χ4n) is 6.25. The van der Waals surface area contributed by atoms with E-state index in [0.717, 1.165) is 0 Å². The number of hydrogen-bond donors (Lipinski definition) is 0. The zero-order valence-electron chi connectivity index (χ0n) is 16.9. The first kappa shape index (κ1) is 17.6. The smallest absolute Gasteiger partial charge is 0.0522 e. The maximum atomic E-state index is 2.59. The molecule has 2 atom stereocenters.